The first-order chi connectivity index (χ1) is 17.0. The maximum Gasteiger partial charge on any atom is 0.245 e. The Hall–Kier alpha value is -3.52. The molecule has 6 nitrogen and oxygen atoms in total. The molecule has 0 aliphatic heterocycles. The number of halogens is 2. The fraction of sp³-hybridized carbons (Fsp3) is 0.357. The number of hydrogen-bond donors (Lipinski definition) is 1. The van der Waals surface area contributed by atoms with Crippen LogP contribution in [0.3, 0.4) is 0 Å². The number of aliphatic hydroxyl groups is 1. The lowest BCUT2D eigenvalue weighted by atomic mass is 9.66. The van der Waals surface area contributed by atoms with Gasteiger partial charge < -0.3 is 9.52 Å². The number of fused-ring (bicyclic) bond motifs is 5. The van der Waals surface area contributed by atoms with Crippen LogP contribution in [0.15, 0.2) is 53.1 Å². The number of oxazole rings is 1. The molecule has 2 aliphatic carbocycles. The van der Waals surface area contributed by atoms with Crippen LogP contribution in [0.4, 0.5) is 8.78 Å². The van der Waals surface area contributed by atoms with Crippen molar-refractivity contribution >= 4 is 0 Å². The van der Waals surface area contributed by atoms with E-state index in [2.05, 4.69) is 29.0 Å². The van der Waals surface area contributed by atoms with Gasteiger partial charge in [-0.05, 0) is 73.9 Å². The van der Waals surface area contributed by atoms with Crippen LogP contribution in [0.1, 0.15) is 69.1 Å². The predicted octanol–water partition coefficient (Wildman–Crippen LogP) is 5.90. The molecule has 6 rings (SSSR count). The highest BCUT2D eigenvalue weighted by atomic mass is 19.1. The van der Waals surface area contributed by atoms with Gasteiger partial charge in [-0.15, -0.1) is 5.10 Å². The van der Waals surface area contributed by atoms with Gasteiger partial charge in [0.15, 0.2) is 0 Å². The summed E-state index contributed by atoms with van der Waals surface area (Å²) in [6.07, 6.45) is 3.17. The van der Waals surface area contributed by atoms with Crippen molar-refractivity contribution in [1.29, 1.82) is 0 Å². The van der Waals surface area contributed by atoms with Crippen LogP contribution in [-0.4, -0.2) is 25.3 Å². The third kappa shape index (κ3) is 3.03. The van der Waals surface area contributed by atoms with E-state index in [1.807, 2.05) is 18.2 Å². The van der Waals surface area contributed by atoms with Gasteiger partial charge in [-0.1, -0.05) is 26.0 Å². The van der Waals surface area contributed by atoms with Gasteiger partial charge in [-0.25, -0.2) is 18.7 Å². The summed E-state index contributed by atoms with van der Waals surface area (Å²) in [5, 5.41) is 19.2. The van der Waals surface area contributed by atoms with E-state index in [1.165, 1.54) is 24.5 Å². The zero-order valence-electron chi connectivity index (χ0n) is 20.5. The Morgan fingerprint density at radius 2 is 1.72 bits per heavy atom. The minimum atomic E-state index is -1.13. The highest BCUT2D eigenvalue weighted by Crippen LogP contribution is 2.69. The van der Waals surface area contributed by atoms with Gasteiger partial charge in [0, 0.05) is 0 Å². The molecule has 3 heterocycles. The lowest BCUT2D eigenvalue weighted by Crippen LogP contribution is -2.37. The maximum absolute atomic E-state index is 14.5. The third-order valence-electron chi connectivity index (χ3n) is 8.14. The van der Waals surface area contributed by atoms with Gasteiger partial charge in [-0.2, -0.15) is 5.10 Å². The molecule has 0 amide bonds. The van der Waals surface area contributed by atoms with Gasteiger partial charge in [0.2, 0.25) is 5.89 Å². The molecule has 2 atom stereocenters. The Bertz CT molecular complexity index is 1490. The summed E-state index contributed by atoms with van der Waals surface area (Å²) in [5.41, 5.74) is 1.71. The Labute approximate surface area is 207 Å². The quantitative estimate of drug-likeness (QED) is 0.385. The van der Waals surface area contributed by atoms with Crippen LogP contribution < -0.4 is 0 Å². The summed E-state index contributed by atoms with van der Waals surface area (Å²) in [6.45, 7) is 7.69. The number of hydrogen-bond acceptors (Lipinski definition) is 6. The molecule has 4 aromatic rings. The lowest BCUT2D eigenvalue weighted by Gasteiger charge is -2.37. The molecular formula is C28H26F2N4O2. The number of benzene rings is 1. The van der Waals surface area contributed by atoms with Gasteiger partial charge in [0.1, 0.15) is 34.9 Å². The van der Waals surface area contributed by atoms with E-state index < -0.39 is 22.7 Å². The van der Waals surface area contributed by atoms with E-state index in [0.717, 1.165) is 29.8 Å². The smallest absolute Gasteiger partial charge is 0.245 e. The van der Waals surface area contributed by atoms with E-state index in [-0.39, 0.29) is 22.6 Å². The van der Waals surface area contributed by atoms with Gasteiger partial charge in [0.25, 0.3) is 0 Å². The summed E-state index contributed by atoms with van der Waals surface area (Å²) in [4.78, 5) is 9.41. The van der Waals surface area contributed by atoms with Crippen molar-refractivity contribution in [3.05, 3.63) is 83.0 Å². The predicted molar refractivity (Wildman–Crippen MR) is 129 cm³/mol. The zero-order chi connectivity index (χ0) is 25.5. The molecule has 0 spiro atoms. The molecule has 184 valence electrons. The van der Waals surface area contributed by atoms with Crippen molar-refractivity contribution in [2.24, 2.45) is 5.41 Å². The highest BCUT2D eigenvalue weighted by molar-refractivity contribution is 5.64. The molecule has 0 saturated heterocycles. The number of nitrogens with zero attached hydrogens (tertiary/aromatic N) is 4. The molecule has 36 heavy (non-hydrogen) atoms. The Kier molecular flexibility index (Phi) is 4.77. The van der Waals surface area contributed by atoms with Crippen molar-refractivity contribution < 1.29 is 18.3 Å². The second kappa shape index (κ2) is 7.49. The van der Waals surface area contributed by atoms with Gasteiger partial charge in [-0.3, -0.25) is 0 Å². The first-order valence-corrected chi connectivity index (χ1v) is 12.0. The molecule has 0 radical (unpaired) electrons. The van der Waals surface area contributed by atoms with E-state index in [4.69, 9.17) is 9.40 Å². The summed E-state index contributed by atoms with van der Waals surface area (Å²) in [6, 6.07) is 11.3. The second-order valence-corrected chi connectivity index (χ2v) is 10.9. The zero-order valence-corrected chi connectivity index (χ0v) is 20.5. The Balaban J connectivity index is 1.48. The molecule has 1 aromatic carbocycles. The highest BCUT2D eigenvalue weighted by Gasteiger charge is 2.65. The fourth-order valence-electron chi connectivity index (χ4n) is 6.22. The first-order valence-electron chi connectivity index (χ1n) is 12.0. The van der Waals surface area contributed by atoms with Crippen LogP contribution >= 0.6 is 0 Å². The maximum atomic E-state index is 14.5. The van der Waals surface area contributed by atoms with Crippen LogP contribution in [0.5, 0.6) is 0 Å². The van der Waals surface area contributed by atoms with Crippen LogP contribution in [0.25, 0.3) is 22.8 Å². The van der Waals surface area contributed by atoms with Crippen LogP contribution in [-0.2, 0) is 11.0 Å². The normalized spacial score (nSPS) is 22.1. The third-order valence-corrected chi connectivity index (χ3v) is 8.14. The molecule has 2 aliphatic rings. The molecule has 1 saturated carbocycles. The van der Waals surface area contributed by atoms with Crippen molar-refractivity contribution in [2.45, 2.75) is 57.5 Å². The van der Waals surface area contributed by atoms with E-state index in [1.54, 1.807) is 19.9 Å². The molecule has 1 N–H and O–H groups in total. The van der Waals surface area contributed by atoms with E-state index in [0.29, 0.717) is 17.3 Å². The number of aromatic nitrogens is 4. The molecule has 3 aromatic heterocycles. The van der Waals surface area contributed by atoms with Crippen LogP contribution in [0, 0.1) is 17.0 Å². The molecule has 0 unspecified atom stereocenters. The standard InChI is InChI=1S/C28H26F2N4O2/c1-26(2)16-11-12-28(26,21-10-6-9-19(31-21)25-32-22(14-36-25)27(3,4)35)24-15(16)13-20(33-34-24)23-17(29)7-5-8-18(23)30/h5-10,13-14,16,35H,11-12H2,1-4H3/t16-,28-/m0/s1. The van der Waals surface area contributed by atoms with E-state index in [9.17, 15) is 13.9 Å². The summed E-state index contributed by atoms with van der Waals surface area (Å²) in [7, 11) is 0. The molecule has 1 fully saturated rings. The monoisotopic (exact) mass is 488 g/mol. The Morgan fingerprint density at radius 3 is 2.42 bits per heavy atom. The molecular weight excluding hydrogens is 462 g/mol. The van der Waals surface area contributed by atoms with E-state index >= 15 is 0 Å². The molecule has 8 heteroatoms. The average molecular weight is 489 g/mol. The fourth-order valence-corrected chi connectivity index (χ4v) is 6.22. The van der Waals surface area contributed by atoms with Gasteiger partial charge in [0.05, 0.1) is 28.1 Å². The SMILES string of the molecule is CC(C)(O)c1coc(-c2cccc([C@@]34CC[C@@H](c5cc(-c6c(F)cccc6F)nnc53)C4(C)C)n2)n1. The van der Waals surface area contributed by atoms with Crippen molar-refractivity contribution in [3.8, 4) is 22.8 Å². The molecule has 2 bridgehead atoms. The largest absolute Gasteiger partial charge is 0.443 e. The number of pyridine rings is 1. The second-order valence-electron chi connectivity index (χ2n) is 10.9. The Morgan fingerprint density at radius 1 is 1.00 bits per heavy atom. The van der Waals surface area contributed by atoms with Crippen molar-refractivity contribution in [2.75, 3.05) is 0 Å². The van der Waals surface area contributed by atoms with Crippen molar-refractivity contribution in [3.63, 3.8) is 0 Å². The van der Waals surface area contributed by atoms with Crippen molar-refractivity contribution in [1.82, 2.24) is 20.2 Å². The topological polar surface area (TPSA) is 84.9 Å². The minimum Gasteiger partial charge on any atom is -0.443 e. The average Bonchev–Trinajstić information content (AvgIpc) is 3.48. The summed E-state index contributed by atoms with van der Waals surface area (Å²) in [5.74, 6) is -0.850. The number of rotatable bonds is 4. The lowest BCUT2D eigenvalue weighted by molar-refractivity contribution is 0.0738. The summed E-state index contributed by atoms with van der Waals surface area (Å²) < 4.78 is 34.6. The van der Waals surface area contributed by atoms with Crippen LogP contribution in [0.2, 0.25) is 0 Å². The minimum absolute atomic E-state index is 0.144. The first kappa shape index (κ1) is 22.9. The summed E-state index contributed by atoms with van der Waals surface area (Å²) >= 11 is 0. The van der Waals surface area contributed by atoms with Gasteiger partial charge >= 0.3 is 0 Å².